The average molecular weight is 472 g/mol. The standard InChI is InChI=1S/C29H33N3O3/c1-6-8-22-15-21(16-32-26(7-2)31-27-19(4)13-20(5)30-28(27)32)9-12-25(22)35-17-24-11-10-23(29(33)34)14-18(24)3/h9-15H,6-8,16-17H2,1-5H3,(H,33,34). The molecule has 0 atom stereocenters. The number of aromatic nitrogens is 3. The van der Waals surface area contributed by atoms with Gasteiger partial charge in [-0.3, -0.25) is 0 Å². The van der Waals surface area contributed by atoms with Crippen LogP contribution < -0.4 is 4.74 Å². The third kappa shape index (κ3) is 5.21. The lowest BCUT2D eigenvalue weighted by atomic mass is 10.0. The van der Waals surface area contributed by atoms with E-state index in [-0.39, 0.29) is 0 Å². The Labute approximate surface area is 206 Å². The number of carbonyl (C=O) groups is 1. The Kier molecular flexibility index (Phi) is 7.20. The van der Waals surface area contributed by atoms with Gasteiger partial charge >= 0.3 is 5.97 Å². The number of hydrogen-bond donors (Lipinski definition) is 1. The quantitative estimate of drug-likeness (QED) is 0.315. The van der Waals surface area contributed by atoms with E-state index < -0.39 is 5.97 Å². The summed E-state index contributed by atoms with van der Waals surface area (Å²) in [6.07, 6.45) is 2.78. The van der Waals surface area contributed by atoms with Crippen LogP contribution in [-0.4, -0.2) is 25.6 Å². The lowest BCUT2D eigenvalue weighted by molar-refractivity contribution is 0.0696. The minimum atomic E-state index is -0.918. The first-order valence-electron chi connectivity index (χ1n) is 12.2. The van der Waals surface area contributed by atoms with E-state index >= 15 is 0 Å². The molecule has 2 aromatic heterocycles. The first-order valence-corrected chi connectivity index (χ1v) is 12.2. The molecule has 0 aliphatic heterocycles. The number of carboxylic acids is 1. The molecule has 0 fully saturated rings. The van der Waals surface area contributed by atoms with Crippen LogP contribution in [0.25, 0.3) is 11.2 Å². The molecule has 35 heavy (non-hydrogen) atoms. The summed E-state index contributed by atoms with van der Waals surface area (Å²) in [4.78, 5) is 20.9. The number of pyridine rings is 1. The van der Waals surface area contributed by atoms with Gasteiger partial charge in [0.15, 0.2) is 5.65 Å². The topological polar surface area (TPSA) is 77.2 Å². The number of rotatable bonds is 9. The summed E-state index contributed by atoms with van der Waals surface area (Å²) in [5.41, 5.74) is 8.63. The predicted molar refractivity (Wildman–Crippen MR) is 138 cm³/mol. The Balaban J connectivity index is 1.60. The maximum absolute atomic E-state index is 11.2. The second kappa shape index (κ2) is 10.3. The molecule has 4 aromatic rings. The highest BCUT2D eigenvalue weighted by Gasteiger charge is 2.15. The molecule has 0 aliphatic carbocycles. The SMILES string of the molecule is CCCc1cc(Cn2c(CC)nc3c(C)cc(C)nc32)ccc1OCc1ccc(C(=O)O)cc1C. The number of nitrogens with zero attached hydrogens (tertiary/aromatic N) is 3. The van der Waals surface area contributed by atoms with Gasteiger partial charge in [0.2, 0.25) is 0 Å². The number of aryl methyl sites for hydroxylation is 5. The van der Waals surface area contributed by atoms with E-state index in [2.05, 4.69) is 49.6 Å². The molecule has 0 bridgehead atoms. The van der Waals surface area contributed by atoms with E-state index in [0.717, 1.165) is 64.4 Å². The van der Waals surface area contributed by atoms with Crippen molar-refractivity contribution in [2.45, 2.75) is 67.0 Å². The zero-order valence-electron chi connectivity index (χ0n) is 21.2. The molecular formula is C29H33N3O3. The fraction of sp³-hybridized carbons (Fsp3) is 0.345. The van der Waals surface area contributed by atoms with Crippen LogP contribution in [0.2, 0.25) is 0 Å². The number of carboxylic acid groups (broad SMARTS) is 1. The molecule has 0 amide bonds. The third-order valence-corrected chi connectivity index (χ3v) is 6.37. The van der Waals surface area contributed by atoms with E-state index in [4.69, 9.17) is 14.7 Å². The van der Waals surface area contributed by atoms with Crippen molar-refractivity contribution >= 4 is 17.1 Å². The van der Waals surface area contributed by atoms with Gasteiger partial charge in [0, 0.05) is 12.1 Å². The Bertz CT molecular complexity index is 1390. The van der Waals surface area contributed by atoms with Crippen molar-refractivity contribution in [1.82, 2.24) is 14.5 Å². The van der Waals surface area contributed by atoms with Crippen LogP contribution in [0.5, 0.6) is 5.75 Å². The second-order valence-corrected chi connectivity index (χ2v) is 9.15. The minimum Gasteiger partial charge on any atom is -0.489 e. The van der Waals surface area contributed by atoms with Crippen molar-refractivity contribution in [3.63, 3.8) is 0 Å². The number of aromatic carboxylic acids is 1. The summed E-state index contributed by atoms with van der Waals surface area (Å²) < 4.78 is 8.45. The number of benzene rings is 2. The molecule has 0 saturated heterocycles. The largest absolute Gasteiger partial charge is 0.489 e. The highest BCUT2D eigenvalue weighted by atomic mass is 16.5. The smallest absolute Gasteiger partial charge is 0.335 e. The van der Waals surface area contributed by atoms with Gasteiger partial charge in [-0.25, -0.2) is 14.8 Å². The molecule has 1 N–H and O–H groups in total. The van der Waals surface area contributed by atoms with Crippen molar-refractivity contribution in [2.75, 3.05) is 0 Å². The van der Waals surface area contributed by atoms with Crippen molar-refractivity contribution in [2.24, 2.45) is 0 Å². The normalized spacial score (nSPS) is 11.2. The lowest BCUT2D eigenvalue weighted by Gasteiger charge is -2.15. The van der Waals surface area contributed by atoms with Gasteiger partial charge in [-0.2, -0.15) is 0 Å². The molecule has 182 valence electrons. The Morgan fingerprint density at radius 1 is 0.971 bits per heavy atom. The van der Waals surface area contributed by atoms with Gasteiger partial charge in [-0.1, -0.05) is 38.5 Å². The van der Waals surface area contributed by atoms with Gasteiger partial charge in [0.1, 0.15) is 23.7 Å². The summed E-state index contributed by atoms with van der Waals surface area (Å²) in [7, 11) is 0. The van der Waals surface area contributed by atoms with Crippen LogP contribution in [0.4, 0.5) is 0 Å². The molecule has 0 aliphatic rings. The zero-order chi connectivity index (χ0) is 25.1. The van der Waals surface area contributed by atoms with E-state index in [9.17, 15) is 9.90 Å². The van der Waals surface area contributed by atoms with Crippen LogP contribution >= 0.6 is 0 Å². The Hall–Kier alpha value is -3.67. The summed E-state index contributed by atoms with van der Waals surface area (Å²) in [6, 6.07) is 13.6. The maximum atomic E-state index is 11.2. The molecule has 2 aromatic carbocycles. The van der Waals surface area contributed by atoms with Gasteiger partial charge in [-0.05, 0) is 79.3 Å². The van der Waals surface area contributed by atoms with E-state index in [1.165, 1.54) is 11.1 Å². The summed E-state index contributed by atoms with van der Waals surface area (Å²) in [6.45, 7) is 11.4. The van der Waals surface area contributed by atoms with Crippen LogP contribution in [0.1, 0.15) is 70.0 Å². The Morgan fingerprint density at radius 2 is 1.77 bits per heavy atom. The molecule has 2 heterocycles. The highest BCUT2D eigenvalue weighted by Crippen LogP contribution is 2.26. The molecule has 0 radical (unpaired) electrons. The first kappa shape index (κ1) is 24.5. The molecule has 6 heteroatoms. The molecular weight excluding hydrogens is 438 g/mol. The van der Waals surface area contributed by atoms with Crippen molar-refractivity contribution in [3.05, 3.63) is 87.4 Å². The Morgan fingerprint density at radius 3 is 2.46 bits per heavy atom. The van der Waals surface area contributed by atoms with E-state index in [1.807, 2.05) is 19.9 Å². The average Bonchev–Trinajstić information content (AvgIpc) is 3.17. The van der Waals surface area contributed by atoms with Gasteiger partial charge in [-0.15, -0.1) is 0 Å². The van der Waals surface area contributed by atoms with E-state index in [1.54, 1.807) is 12.1 Å². The summed E-state index contributed by atoms with van der Waals surface area (Å²) in [5.74, 6) is 0.992. The van der Waals surface area contributed by atoms with Crippen molar-refractivity contribution in [1.29, 1.82) is 0 Å². The number of hydrogen-bond acceptors (Lipinski definition) is 4. The molecule has 6 nitrogen and oxygen atoms in total. The monoisotopic (exact) mass is 471 g/mol. The maximum Gasteiger partial charge on any atom is 0.335 e. The molecule has 0 spiro atoms. The van der Waals surface area contributed by atoms with Gasteiger partial charge in [0.05, 0.1) is 12.1 Å². The molecule has 0 saturated carbocycles. The zero-order valence-corrected chi connectivity index (χ0v) is 21.2. The highest BCUT2D eigenvalue weighted by molar-refractivity contribution is 5.87. The fourth-order valence-corrected chi connectivity index (χ4v) is 4.55. The van der Waals surface area contributed by atoms with E-state index in [0.29, 0.717) is 18.7 Å². The van der Waals surface area contributed by atoms with Crippen molar-refractivity contribution < 1.29 is 14.6 Å². The fourth-order valence-electron chi connectivity index (χ4n) is 4.55. The first-order chi connectivity index (χ1) is 16.8. The minimum absolute atomic E-state index is 0.292. The number of fused-ring (bicyclic) bond motifs is 1. The summed E-state index contributed by atoms with van der Waals surface area (Å²) >= 11 is 0. The third-order valence-electron chi connectivity index (χ3n) is 6.37. The molecule has 4 rings (SSSR count). The van der Waals surface area contributed by atoms with Crippen LogP contribution in [0.15, 0.2) is 42.5 Å². The van der Waals surface area contributed by atoms with Crippen molar-refractivity contribution in [3.8, 4) is 5.75 Å². The van der Waals surface area contributed by atoms with Gasteiger partial charge < -0.3 is 14.4 Å². The van der Waals surface area contributed by atoms with Gasteiger partial charge in [0.25, 0.3) is 0 Å². The second-order valence-electron chi connectivity index (χ2n) is 9.15. The van der Waals surface area contributed by atoms with Crippen LogP contribution in [-0.2, 0) is 26.0 Å². The lowest BCUT2D eigenvalue weighted by Crippen LogP contribution is -2.07. The van der Waals surface area contributed by atoms with Crippen LogP contribution in [0.3, 0.4) is 0 Å². The molecule has 0 unspecified atom stereocenters. The summed E-state index contributed by atoms with van der Waals surface area (Å²) in [5, 5.41) is 9.20. The number of imidazole rings is 1. The number of ether oxygens (including phenoxy) is 1. The van der Waals surface area contributed by atoms with Crippen LogP contribution in [0, 0.1) is 20.8 Å². The predicted octanol–water partition coefficient (Wildman–Crippen LogP) is 6.20.